The lowest BCUT2D eigenvalue weighted by Crippen LogP contribution is -2.47. The molecule has 0 spiro atoms. The summed E-state index contributed by atoms with van der Waals surface area (Å²) in [6, 6.07) is 9.87. The molecule has 3 aliphatic rings. The fourth-order valence-electron chi connectivity index (χ4n) is 4.72. The molecule has 0 aliphatic carbocycles. The number of nitrogens with zero attached hydrogens (tertiary/aromatic N) is 1. The molecule has 1 unspecified atom stereocenters. The summed E-state index contributed by atoms with van der Waals surface area (Å²) in [6.07, 6.45) is 1.86. The number of benzene rings is 1. The Balaban J connectivity index is 1.53. The van der Waals surface area contributed by atoms with Gasteiger partial charge in [-0.05, 0) is 31.9 Å². The summed E-state index contributed by atoms with van der Waals surface area (Å²) in [4.78, 5) is 28.0. The van der Waals surface area contributed by atoms with E-state index in [0.29, 0.717) is 6.61 Å². The average molecular weight is 387 g/mol. The molecule has 1 aromatic carbocycles. The van der Waals surface area contributed by atoms with E-state index in [0.717, 1.165) is 31.5 Å². The molecule has 152 valence electrons. The first-order valence-corrected chi connectivity index (χ1v) is 10.3. The van der Waals surface area contributed by atoms with E-state index >= 15 is 0 Å². The summed E-state index contributed by atoms with van der Waals surface area (Å²) in [5.41, 5.74) is -0.228. The molecule has 3 heterocycles. The minimum Gasteiger partial charge on any atom is -0.463 e. The second-order valence-corrected chi connectivity index (χ2v) is 8.48. The lowest BCUT2D eigenvalue weighted by molar-refractivity contribution is -0.182. The van der Waals surface area contributed by atoms with Crippen molar-refractivity contribution in [3.63, 3.8) is 0 Å². The molecule has 1 aromatic rings. The molecule has 6 nitrogen and oxygen atoms in total. The Morgan fingerprint density at radius 2 is 1.93 bits per heavy atom. The Morgan fingerprint density at radius 1 is 1.18 bits per heavy atom. The number of hydrogen-bond acceptors (Lipinski definition) is 6. The van der Waals surface area contributed by atoms with E-state index in [4.69, 9.17) is 14.2 Å². The van der Waals surface area contributed by atoms with Crippen LogP contribution in [0.5, 0.6) is 0 Å². The standard InChI is InChI=1S/C22H29NO5/c1-15-12-19(24)28-18-9-11-23-10-8-17(20(18)23)14-26-21(25)22(15,2)27-13-16-6-4-3-5-7-16/h3-7,15,17-18,20H,8-14H2,1-2H3/t15-,17?,18+,20+,22+/m0/s1. The van der Waals surface area contributed by atoms with Crippen LogP contribution in [0.2, 0.25) is 0 Å². The summed E-state index contributed by atoms with van der Waals surface area (Å²) >= 11 is 0. The Kier molecular flexibility index (Phi) is 5.43. The van der Waals surface area contributed by atoms with Crippen LogP contribution in [-0.4, -0.2) is 54.3 Å². The molecule has 3 fully saturated rings. The summed E-state index contributed by atoms with van der Waals surface area (Å²) in [6.45, 7) is 6.14. The Morgan fingerprint density at radius 3 is 2.71 bits per heavy atom. The van der Waals surface area contributed by atoms with Gasteiger partial charge in [-0.25, -0.2) is 4.79 Å². The Labute approximate surface area is 166 Å². The van der Waals surface area contributed by atoms with Crippen LogP contribution in [0.25, 0.3) is 0 Å². The highest BCUT2D eigenvalue weighted by atomic mass is 16.6. The van der Waals surface area contributed by atoms with Crippen molar-refractivity contribution in [2.24, 2.45) is 11.8 Å². The molecule has 0 saturated carbocycles. The average Bonchev–Trinajstić information content (AvgIpc) is 3.27. The van der Waals surface area contributed by atoms with Crippen molar-refractivity contribution in [3.8, 4) is 0 Å². The molecule has 0 bridgehead atoms. The third-order valence-corrected chi connectivity index (χ3v) is 6.68. The Bertz CT molecular complexity index is 723. The van der Waals surface area contributed by atoms with Crippen molar-refractivity contribution in [2.45, 2.75) is 57.5 Å². The summed E-state index contributed by atoms with van der Waals surface area (Å²) in [5, 5.41) is 0. The van der Waals surface area contributed by atoms with Crippen LogP contribution >= 0.6 is 0 Å². The smallest absolute Gasteiger partial charge is 0.338 e. The van der Waals surface area contributed by atoms with E-state index in [2.05, 4.69) is 4.90 Å². The Hall–Kier alpha value is -1.92. The molecule has 5 atom stereocenters. The van der Waals surface area contributed by atoms with Crippen LogP contribution in [-0.2, 0) is 30.4 Å². The van der Waals surface area contributed by atoms with Crippen LogP contribution < -0.4 is 0 Å². The van der Waals surface area contributed by atoms with Crippen LogP contribution in [0, 0.1) is 11.8 Å². The van der Waals surface area contributed by atoms with Crippen LogP contribution in [0.3, 0.4) is 0 Å². The number of ether oxygens (including phenoxy) is 3. The fourth-order valence-corrected chi connectivity index (χ4v) is 4.72. The lowest BCUT2D eigenvalue weighted by atomic mass is 9.87. The molecule has 3 saturated heterocycles. The van der Waals surface area contributed by atoms with Gasteiger partial charge in [0.1, 0.15) is 6.10 Å². The zero-order valence-corrected chi connectivity index (χ0v) is 16.6. The van der Waals surface area contributed by atoms with Gasteiger partial charge in [-0.3, -0.25) is 9.69 Å². The van der Waals surface area contributed by atoms with Gasteiger partial charge >= 0.3 is 11.9 Å². The van der Waals surface area contributed by atoms with Gasteiger partial charge in [-0.15, -0.1) is 0 Å². The normalized spacial score (nSPS) is 36.4. The third-order valence-electron chi connectivity index (χ3n) is 6.68. The van der Waals surface area contributed by atoms with E-state index in [-0.39, 0.29) is 43.0 Å². The van der Waals surface area contributed by atoms with Crippen molar-refractivity contribution in [3.05, 3.63) is 35.9 Å². The van der Waals surface area contributed by atoms with E-state index in [1.165, 1.54) is 0 Å². The van der Waals surface area contributed by atoms with E-state index in [1.54, 1.807) is 6.92 Å². The van der Waals surface area contributed by atoms with E-state index in [9.17, 15) is 9.59 Å². The maximum atomic E-state index is 13.1. The molecule has 6 heteroatoms. The van der Waals surface area contributed by atoms with E-state index < -0.39 is 11.6 Å². The third kappa shape index (κ3) is 3.67. The maximum absolute atomic E-state index is 13.1. The first kappa shape index (κ1) is 19.4. The number of esters is 2. The van der Waals surface area contributed by atoms with Gasteiger partial charge in [0.05, 0.1) is 25.7 Å². The topological polar surface area (TPSA) is 65.1 Å². The predicted octanol–water partition coefficient (Wildman–Crippen LogP) is 2.55. The van der Waals surface area contributed by atoms with Gasteiger partial charge in [0, 0.05) is 18.4 Å². The van der Waals surface area contributed by atoms with Gasteiger partial charge in [0.15, 0.2) is 5.60 Å². The summed E-state index contributed by atoms with van der Waals surface area (Å²) < 4.78 is 17.7. The minimum atomic E-state index is -1.20. The van der Waals surface area contributed by atoms with Crippen molar-refractivity contribution in [1.82, 2.24) is 4.90 Å². The monoisotopic (exact) mass is 387 g/mol. The molecular formula is C22H29NO5. The largest absolute Gasteiger partial charge is 0.463 e. The molecular weight excluding hydrogens is 358 g/mol. The first-order valence-electron chi connectivity index (χ1n) is 10.3. The van der Waals surface area contributed by atoms with Crippen molar-refractivity contribution in [1.29, 1.82) is 0 Å². The highest BCUT2D eigenvalue weighted by Crippen LogP contribution is 2.37. The van der Waals surface area contributed by atoms with Gasteiger partial charge < -0.3 is 14.2 Å². The van der Waals surface area contributed by atoms with Crippen LogP contribution in [0.15, 0.2) is 30.3 Å². The number of carbonyl (C=O) groups is 2. The molecule has 0 amide bonds. The van der Waals surface area contributed by atoms with E-state index in [1.807, 2.05) is 37.3 Å². The van der Waals surface area contributed by atoms with Gasteiger partial charge in [-0.2, -0.15) is 0 Å². The quantitative estimate of drug-likeness (QED) is 0.743. The van der Waals surface area contributed by atoms with Gasteiger partial charge in [0.25, 0.3) is 0 Å². The number of rotatable bonds is 3. The maximum Gasteiger partial charge on any atom is 0.338 e. The molecule has 4 rings (SSSR count). The first-order chi connectivity index (χ1) is 13.5. The SMILES string of the molecule is C[C@H]1CC(=O)O[C@@H]2CCN3CCC(COC(=O)[C@]1(C)OCc1ccccc1)[C@H]23. The number of hydrogen-bond donors (Lipinski definition) is 0. The lowest BCUT2D eigenvalue weighted by Gasteiger charge is -2.33. The molecule has 0 aromatic heterocycles. The molecule has 0 radical (unpaired) electrons. The summed E-state index contributed by atoms with van der Waals surface area (Å²) in [7, 11) is 0. The van der Waals surface area contributed by atoms with Gasteiger partial charge in [0.2, 0.25) is 0 Å². The highest BCUT2D eigenvalue weighted by Gasteiger charge is 2.49. The zero-order chi connectivity index (χ0) is 19.7. The second-order valence-electron chi connectivity index (χ2n) is 8.48. The summed E-state index contributed by atoms with van der Waals surface area (Å²) in [5.74, 6) is -0.796. The van der Waals surface area contributed by atoms with Crippen LogP contribution in [0.1, 0.15) is 38.7 Å². The number of carbonyl (C=O) groups excluding carboxylic acids is 2. The van der Waals surface area contributed by atoms with Crippen molar-refractivity contribution in [2.75, 3.05) is 19.7 Å². The van der Waals surface area contributed by atoms with Crippen LogP contribution in [0.4, 0.5) is 0 Å². The molecule has 0 N–H and O–H groups in total. The molecule has 28 heavy (non-hydrogen) atoms. The number of cyclic esters (lactones) is 1. The predicted molar refractivity (Wildman–Crippen MR) is 102 cm³/mol. The van der Waals surface area contributed by atoms with Crippen molar-refractivity contribution >= 4 is 11.9 Å². The minimum absolute atomic E-state index is 0.0968. The fraction of sp³-hybridized carbons (Fsp3) is 0.636. The highest BCUT2D eigenvalue weighted by molar-refractivity contribution is 5.81. The second kappa shape index (κ2) is 7.84. The van der Waals surface area contributed by atoms with Gasteiger partial charge in [-0.1, -0.05) is 37.3 Å². The van der Waals surface area contributed by atoms with Crippen molar-refractivity contribution < 1.29 is 23.8 Å². The zero-order valence-electron chi connectivity index (χ0n) is 16.6. The molecule has 3 aliphatic heterocycles.